The third-order valence-corrected chi connectivity index (χ3v) is 9.36. The van der Waals surface area contributed by atoms with Crippen molar-refractivity contribution in [2.24, 2.45) is 5.41 Å². The largest absolute Gasteiger partial charge is 0.399 e. The fourth-order valence-electron chi connectivity index (χ4n) is 5.20. The number of rotatable bonds is 8. The molecule has 2 aromatic carbocycles. The average Bonchev–Trinajstić information content (AvgIpc) is 3.74. The van der Waals surface area contributed by atoms with E-state index < -0.39 is 48.1 Å². The maximum Gasteiger partial charge on any atom is 0.399 e. The first-order chi connectivity index (χ1) is 21.1. The molecule has 238 valence electrons. The minimum Gasteiger partial charge on any atom is -0.351 e. The number of thiazole rings is 1. The van der Waals surface area contributed by atoms with Gasteiger partial charge in [0.1, 0.15) is 17.8 Å². The summed E-state index contributed by atoms with van der Waals surface area (Å²) < 4.78 is 39.8. The number of likely N-dealkylation sites (tertiary alicyclic amines) is 1. The predicted octanol–water partition coefficient (Wildman–Crippen LogP) is 5.29. The second kappa shape index (κ2) is 12.1. The number of hydrogen-bond donors (Lipinski definition) is 5. The first-order valence-electron chi connectivity index (χ1n) is 14.1. The molecule has 5 N–H and O–H groups in total. The van der Waals surface area contributed by atoms with Gasteiger partial charge in [0.2, 0.25) is 11.8 Å². The maximum absolute atomic E-state index is 14.3. The molecule has 15 heteroatoms. The molecule has 4 aromatic rings. The Labute approximate surface area is 261 Å². The van der Waals surface area contributed by atoms with E-state index >= 15 is 0 Å². The van der Waals surface area contributed by atoms with Crippen LogP contribution in [0.4, 0.5) is 13.9 Å². The molecule has 2 unspecified atom stereocenters. The summed E-state index contributed by atoms with van der Waals surface area (Å²) in [6.07, 6.45) is 1.02. The highest BCUT2D eigenvalue weighted by Gasteiger charge is 2.50. The number of nitrogens with one attached hydrogen (secondary N) is 3. The Hall–Kier alpha value is -3.97. The van der Waals surface area contributed by atoms with E-state index in [2.05, 4.69) is 20.6 Å². The van der Waals surface area contributed by atoms with E-state index in [0.717, 1.165) is 23.4 Å². The van der Waals surface area contributed by atoms with Crippen molar-refractivity contribution in [2.75, 3.05) is 11.9 Å². The summed E-state index contributed by atoms with van der Waals surface area (Å²) in [6, 6.07) is 11.9. The molecule has 5 rings (SSSR count). The molecule has 3 heterocycles. The number of nitrogens with zero attached hydrogens (tertiary/aromatic N) is 2. The summed E-state index contributed by atoms with van der Waals surface area (Å²) in [5.74, 6) is -1.52. The number of H-pyrrole nitrogens is 1. The predicted molar refractivity (Wildman–Crippen MR) is 166 cm³/mol. The van der Waals surface area contributed by atoms with Crippen LogP contribution in [0.1, 0.15) is 49.7 Å². The van der Waals surface area contributed by atoms with Crippen LogP contribution >= 0.6 is 18.9 Å². The Morgan fingerprint density at radius 2 is 1.82 bits per heavy atom. The third kappa shape index (κ3) is 6.69. The number of aromatic nitrogens is 2. The van der Waals surface area contributed by atoms with Crippen LogP contribution in [0.3, 0.4) is 0 Å². The Balaban J connectivity index is 1.31. The number of amides is 3. The summed E-state index contributed by atoms with van der Waals surface area (Å²) in [7, 11) is -5.78. The molecule has 1 fully saturated rings. The molecule has 0 saturated carbocycles. The standard InChI is InChI=1S/C30H32F2N5O6PS/c1-29(2,3)24(35-25(38)21-15-18-14-19(11-12-20(18)33-21)30(31,32)44(41,42)43)27(40)37-13-7-10-23(37)26(39)36-28-34-22(16-45-28)17-8-5-4-6-9-17/h4-6,8-9,11-12,14-16,23-24,33H,7,10,13H2,1-3H3,(H,35,38)(H,34,36,39)(H2,41,42,43). The molecule has 1 saturated heterocycles. The lowest BCUT2D eigenvalue weighted by atomic mass is 9.85. The van der Waals surface area contributed by atoms with Gasteiger partial charge in [-0.15, -0.1) is 11.3 Å². The molecule has 2 atom stereocenters. The molecule has 0 bridgehead atoms. The fraction of sp³-hybridized carbons (Fsp3) is 0.333. The van der Waals surface area contributed by atoms with Crippen molar-refractivity contribution in [1.82, 2.24) is 20.2 Å². The van der Waals surface area contributed by atoms with Crippen LogP contribution in [0.2, 0.25) is 0 Å². The van der Waals surface area contributed by atoms with Gasteiger partial charge in [-0.1, -0.05) is 57.2 Å². The quantitative estimate of drug-likeness (QED) is 0.160. The molecule has 1 aliphatic heterocycles. The summed E-state index contributed by atoms with van der Waals surface area (Å²) in [5, 5.41) is 7.92. The first kappa shape index (κ1) is 32.4. The summed E-state index contributed by atoms with van der Waals surface area (Å²) in [4.78, 5) is 67.5. The average molecular weight is 660 g/mol. The Morgan fingerprint density at radius 3 is 2.49 bits per heavy atom. The Kier molecular flexibility index (Phi) is 8.71. The number of fused-ring (bicyclic) bond motifs is 1. The molecule has 0 radical (unpaired) electrons. The minimum atomic E-state index is -5.78. The van der Waals surface area contributed by atoms with E-state index in [1.54, 1.807) is 20.8 Å². The summed E-state index contributed by atoms with van der Waals surface area (Å²) in [5.41, 5.74) is -4.23. The van der Waals surface area contributed by atoms with Gasteiger partial charge < -0.3 is 30.3 Å². The maximum atomic E-state index is 14.3. The van der Waals surface area contributed by atoms with Gasteiger partial charge in [0.15, 0.2) is 5.13 Å². The Morgan fingerprint density at radius 1 is 1.11 bits per heavy atom. The van der Waals surface area contributed by atoms with Crippen LogP contribution in [0.25, 0.3) is 22.2 Å². The lowest BCUT2D eigenvalue weighted by Gasteiger charge is -2.35. The second-order valence-corrected chi connectivity index (χ2v) is 14.4. The van der Waals surface area contributed by atoms with E-state index in [1.165, 1.54) is 28.4 Å². The molecule has 2 aromatic heterocycles. The number of anilines is 1. The van der Waals surface area contributed by atoms with Crippen LogP contribution in [-0.2, 0) is 19.8 Å². The van der Waals surface area contributed by atoms with E-state index in [9.17, 15) is 27.7 Å². The third-order valence-electron chi connectivity index (χ3n) is 7.61. The number of alkyl halides is 2. The zero-order valence-electron chi connectivity index (χ0n) is 24.6. The highest BCUT2D eigenvalue weighted by Crippen LogP contribution is 2.59. The molecule has 0 spiro atoms. The number of hydrogen-bond acceptors (Lipinski definition) is 6. The molecule has 3 amide bonds. The van der Waals surface area contributed by atoms with E-state index in [1.807, 2.05) is 35.7 Å². The number of halogens is 2. The minimum absolute atomic E-state index is 0.0441. The number of carbonyl (C=O) groups excluding carboxylic acids is 3. The SMILES string of the molecule is CC(C)(C)C(NC(=O)c1cc2cc(C(F)(F)P(=O)(O)O)ccc2[nH]1)C(=O)N1CCCC1C(=O)Nc1nc(-c2ccccc2)cs1. The zero-order chi connectivity index (χ0) is 32.7. The van der Waals surface area contributed by atoms with Crippen LogP contribution in [0, 0.1) is 5.41 Å². The fourth-order valence-corrected chi connectivity index (χ4v) is 6.40. The molecule has 0 aliphatic carbocycles. The number of carbonyl (C=O) groups is 3. The molecular formula is C30H32F2N5O6PS. The van der Waals surface area contributed by atoms with E-state index in [0.29, 0.717) is 24.5 Å². The lowest BCUT2D eigenvalue weighted by molar-refractivity contribution is -0.140. The van der Waals surface area contributed by atoms with Crippen LogP contribution in [-0.4, -0.2) is 61.0 Å². The van der Waals surface area contributed by atoms with Crippen LogP contribution in [0.15, 0.2) is 60.0 Å². The van der Waals surface area contributed by atoms with Crippen molar-refractivity contribution in [1.29, 1.82) is 0 Å². The zero-order valence-corrected chi connectivity index (χ0v) is 26.3. The normalized spacial score (nSPS) is 16.5. The second-order valence-electron chi connectivity index (χ2n) is 11.9. The van der Waals surface area contributed by atoms with Gasteiger partial charge in [-0.2, -0.15) is 8.78 Å². The number of aromatic amines is 1. The van der Waals surface area contributed by atoms with Gasteiger partial charge in [-0.05, 0) is 36.5 Å². The first-order valence-corrected chi connectivity index (χ1v) is 16.6. The number of benzene rings is 2. The van der Waals surface area contributed by atoms with Crippen molar-refractivity contribution in [3.8, 4) is 11.3 Å². The van der Waals surface area contributed by atoms with Gasteiger partial charge in [0, 0.05) is 34.0 Å². The van der Waals surface area contributed by atoms with Crippen LogP contribution < -0.4 is 10.6 Å². The molecule has 1 aliphatic rings. The van der Waals surface area contributed by atoms with Crippen LogP contribution in [0.5, 0.6) is 0 Å². The van der Waals surface area contributed by atoms with Gasteiger partial charge in [-0.25, -0.2) is 4.98 Å². The van der Waals surface area contributed by atoms with Gasteiger partial charge >= 0.3 is 13.3 Å². The molecule has 45 heavy (non-hydrogen) atoms. The summed E-state index contributed by atoms with van der Waals surface area (Å²) >= 11 is 1.28. The van der Waals surface area contributed by atoms with Crippen molar-refractivity contribution in [3.63, 3.8) is 0 Å². The van der Waals surface area contributed by atoms with Crippen molar-refractivity contribution >= 4 is 52.7 Å². The van der Waals surface area contributed by atoms with Crippen molar-refractivity contribution < 1.29 is 37.5 Å². The van der Waals surface area contributed by atoms with Crippen molar-refractivity contribution in [3.05, 3.63) is 71.2 Å². The Bertz CT molecular complexity index is 1800. The molecular weight excluding hydrogens is 627 g/mol. The monoisotopic (exact) mass is 659 g/mol. The lowest BCUT2D eigenvalue weighted by Crippen LogP contribution is -2.57. The smallest absolute Gasteiger partial charge is 0.351 e. The van der Waals surface area contributed by atoms with Gasteiger partial charge in [-0.3, -0.25) is 18.9 Å². The molecule has 11 nitrogen and oxygen atoms in total. The summed E-state index contributed by atoms with van der Waals surface area (Å²) in [6.45, 7) is 5.62. The van der Waals surface area contributed by atoms with Gasteiger partial charge in [0.05, 0.1) is 5.69 Å². The van der Waals surface area contributed by atoms with E-state index in [4.69, 9.17) is 9.79 Å². The van der Waals surface area contributed by atoms with Crippen molar-refractivity contribution in [2.45, 2.75) is 51.4 Å². The topological polar surface area (TPSA) is 165 Å². The highest BCUT2D eigenvalue weighted by molar-refractivity contribution is 7.52. The van der Waals surface area contributed by atoms with E-state index in [-0.39, 0.29) is 22.5 Å². The highest BCUT2D eigenvalue weighted by atomic mass is 32.1. The van der Waals surface area contributed by atoms with Gasteiger partial charge in [0.25, 0.3) is 5.91 Å².